The number of hydrogen-bond acceptors (Lipinski definition) is 5. The van der Waals surface area contributed by atoms with Crippen molar-refractivity contribution >= 4 is 21.8 Å². The summed E-state index contributed by atoms with van der Waals surface area (Å²) in [6, 6.07) is 7.96. The first kappa shape index (κ1) is 21.9. The highest BCUT2D eigenvalue weighted by atomic mass is 32.2. The van der Waals surface area contributed by atoms with Crippen LogP contribution in [0.1, 0.15) is 44.6 Å². The molecule has 0 radical (unpaired) electrons. The van der Waals surface area contributed by atoms with Crippen molar-refractivity contribution < 1.29 is 18.0 Å². The van der Waals surface area contributed by atoms with Gasteiger partial charge in [0, 0.05) is 31.5 Å². The van der Waals surface area contributed by atoms with Gasteiger partial charge in [0.2, 0.25) is 21.8 Å². The highest BCUT2D eigenvalue weighted by Gasteiger charge is 2.29. The van der Waals surface area contributed by atoms with Crippen molar-refractivity contribution in [3.8, 4) is 6.07 Å². The van der Waals surface area contributed by atoms with Gasteiger partial charge in [-0.15, -0.1) is 0 Å². The lowest BCUT2D eigenvalue weighted by Crippen LogP contribution is -2.37. The summed E-state index contributed by atoms with van der Waals surface area (Å²) in [4.78, 5) is 23.2. The number of primary amides is 1. The van der Waals surface area contributed by atoms with E-state index in [0.717, 1.165) is 0 Å². The van der Waals surface area contributed by atoms with Crippen LogP contribution in [0.3, 0.4) is 0 Å². The van der Waals surface area contributed by atoms with Crippen molar-refractivity contribution in [2.75, 3.05) is 13.1 Å². The third-order valence-electron chi connectivity index (χ3n) is 4.97. The molecule has 0 saturated carbocycles. The molecule has 2 rings (SSSR count). The summed E-state index contributed by atoms with van der Waals surface area (Å²) in [5.41, 5.74) is 5.32. The van der Waals surface area contributed by atoms with E-state index in [0.29, 0.717) is 32.2 Å². The van der Waals surface area contributed by atoms with Crippen LogP contribution in [0.4, 0.5) is 0 Å². The molecular weight excluding hydrogens is 380 g/mol. The van der Waals surface area contributed by atoms with E-state index in [1.165, 1.54) is 16.4 Å². The molecule has 0 spiro atoms. The average Bonchev–Trinajstić information content (AvgIpc) is 2.92. The second-order valence-corrected chi connectivity index (χ2v) is 8.96. The number of sulfonamides is 1. The Balaban J connectivity index is 1.97. The molecule has 1 aliphatic heterocycles. The number of benzene rings is 1. The number of nitrogens with zero attached hydrogens (tertiary/aromatic N) is 2. The minimum atomic E-state index is -3.76. The molecule has 0 bridgehead atoms. The number of nitriles is 1. The number of hydrogen-bond donors (Lipinski definition) is 2. The Kier molecular flexibility index (Phi) is 7.54. The Morgan fingerprint density at radius 1 is 1.32 bits per heavy atom. The highest BCUT2D eigenvalue weighted by molar-refractivity contribution is 7.89. The van der Waals surface area contributed by atoms with Crippen molar-refractivity contribution in [2.24, 2.45) is 11.7 Å². The lowest BCUT2D eigenvalue weighted by molar-refractivity contribution is -0.123. The fourth-order valence-corrected chi connectivity index (χ4v) is 4.80. The second-order valence-electron chi connectivity index (χ2n) is 7.05. The fourth-order valence-electron chi connectivity index (χ4n) is 3.17. The van der Waals surface area contributed by atoms with Gasteiger partial charge in [-0.25, -0.2) is 8.42 Å². The van der Waals surface area contributed by atoms with Crippen LogP contribution in [0, 0.1) is 17.2 Å². The summed E-state index contributed by atoms with van der Waals surface area (Å²) >= 11 is 0. The predicted octanol–water partition coefficient (Wildman–Crippen LogP) is 1.12. The van der Waals surface area contributed by atoms with Crippen LogP contribution in [-0.4, -0.2) is 43.7 Å². The van der Waals surface area contributed by atoms with E-state index < -0.39 is 15.9 Å². The number of carbonyl (C=O) groups is 2. The quantitative estimate of drug-likeness (QED) is 0.700. The molecule has 2 atom stereocenters. The first-order valence-electron chi connectivity index (χ1n) is 9.33. The predicted molar refractivity (Wildman–Crippen MR) is 103 cm³/mol. The zero-order chi connectivity index (χ0) is 20.7. The first-order valence-corrected chi connectivity index (χ1v) is 10.8. The molecule has 1 fully saturated rings. The van der Waals surface area contributed by atoms with E-state index in [-0.39, 0.29) is 41.3 Å². The minimum Gasteiger partial charge on any atom is -0.369 e. The largest absolute Gasteiger partial charge is 0.369 e. The Labute approximate surface area is 165 Å². The summed E-state index contributed by atoms with van der Waals surface area (Å²) in [5.74, 6) is -0.953. The molecule has 152 valence electrons. The SMILES string of the molecule is CC(CCC(=O)N[C@H]1CCCN(S(=O)(=O)c2ccccc2C#N)CC1)C(N)=O. The molecule has 1 heterocycles. The Bertz CT molecular complexity index is 863. The number of amides is 2. The summed E-state index contributed by atoms with van der Waals surface area (Å²) < 4.78 is 27.2. The first-order chi connectivity index (χ1) is 13.3. The van der Waals surface area contributed by atoms with Crippen LogP contribution in [0.2, 0.25) is 0 Å². The zero-order valence-corrected chi connectivity index (χ0v) is 16.7. The third-order valence-corrected chi connectivity index (χ3v) is 6.92. The van der Waals surface area contributed by atoms with Crippen LogP contribution in [0.15, 0.2) is 29.2 Å². The maximum absolute atomic E-state index is 12.9. The van der Waals surface area contributed by atoms with Gasteiger partial charge in [-0.2, -0.15) is 9.57 Å². The number of carbonyl (C=O) groups excluding carboxylic acids is 2. The Morgan fingerprint density at radius 2 is 2.04 bits per heavy atom. The van der Waals surface area contributed by atoms with Gasteiger partial charge in [-0.1, -0.05) is 19.1 Å². The lowest BCUT2D eigenvalue weighted by Gasteiger charge is -2.21. The normalized spacial score (nSPS) is 19.2. The fraction of sp³-hybridized carbons (Fsp3) is 0.526. The number of rotatable bonds is 7. The lowest BCUT2D eigenvalue weighted by atomic mass is 10.0. The third kappa shape index (κ3) is 5.53. The molecule has 8 nitrogen and oxygen atoms in total. The van der Waals surface area contributed by atoms with Gasteiger partial charge in [0.15, 0.2) is 0 Å². The summed E-state index contributed by atoms with van der Waals surface area (Å²) in [5, 5.41) is 12.1. The Morgan fingerprint density at radius 3 is 2.71 bits per heavy atom. The van der Waals surface area contributed by atoms with Crippen molar-refractivity contribution in [3.63, 3.8) is 0 Å². The monoisotopic (exact) mass is 406 g/mol. The van der Waals surface area contributed by atoms with Gasteiger partial charge in [-0.3, -0.25) is 9.59 Å². The molecule has 1 aromatic carbocycles. The van der Waals surface area contributed by atoms with E-state index in [1.807, 2.05) is 6.07 Å². The van der Waals surface area contributed by atoms with E-state index in [2.05, 4.69) is 5.32 Å². The Hall–Kier alpha value is -2.44. The molecule has 0 aliphatic carbocycles. The molecule has 0 aromatic heterocycles. The molecule has 1 saturated heterocycles. The summed E-state index contributed by atoms with van der Waals surface area (Å²) in [6.45, 7) is 2.29. The molecule has 3 N–H and O–H groups in total. The van der Waals surface area contributed by atoms with E-state index in [1.54, 1.807) is 19.1 Å². The molecule has 1 unspecified atom stereocenters. The van der Waals surface area contributed by atoms with Crippen molar-refractivity contribution in [1.82, 2.24) is 9.62 Å². The molecule has 2 amide bonds. The smallest absolute Gasteiger partial charge is 0.244 e. The van der Waals surface area contributed by atoms with Crippen LogP contribution in [-0.2, 0) is 19.6 Å². The highest BCUT2D eigenvalue weighted by Crippen LogP contribution is 2.23. The maximum atomic E-state index is 12.9. The van der Waals surface area contributed by atoms with Gasteiger partial charge >= 0.3 is 0 Å². The van der Waals surface area contributed by atoms with Gasteiger partial charge in [0.25, 0.3) is 0 Å². The number of nitrogens with one attached hydrogen (secondary N) is 1. The van der Waals surface area contributed by atoms with Crippen LogP contribution in [0.25, 0.3) is 0 Å². The number of nitrogens with two attached hydrogens (primary N) is 1. The molecule has 28 heavy (non-hydrogen) atoms. The summed E-state index contributed by atoms with van der Waals surface area (Å²) in [7, 11) is -3.76. The van der Waals surface area contributed by atoms with Gasteiger partial charge < -0.3 is 11.1 Å². The van der Waals surface area contributed by atoms with Crippen LogP contribution in [0.5, 0.6) is 0 Å². The van der Waals surface area contributed by atoms with E-state index in [4.69, 9.17) is 5.73 Å². The molecule has 1 aliphatic rings. The van der Waals surface area contributed by atoms with E-state index in [9.17, 15) is 23.3 Å². The van der Waals surface area contributed by atoms with Crippen LogP contribution >= 0.6 is 0 Å². The molecule has 1 aromatic rings. The standard InChI is InChI=1S/C19H26N4O4S/c1-14(19(21)25)8-9-18(24)22-16-6-4-11-23(12-10-16)28(26,27)17-7-3-2-5-15(17)13-20/h2-3,5,7,14,16H,4,6,8-12H2,1H3,(H2,21,25)(H,22,24)/t14?,16-/m0/s1. The van der Waals surface area contributed by atoms with E-state index >= 15 is 0 Å². The van der Waals surface area contributed by atoms with Gasteiger partial charge in [0.1, 0.15) is 6.07 Å². The van der Waals surface area contributed by atoms with Crippen molar-refractivity contribution in [2.45, 2.75) is 50.0 Å². The topological polar surface area (TPSA) is 133 Å². The maximum Gasteiger partial charge on any atom is 0.244 e. The zero-order valence-electron chi connectivity index (χ0n) is 15.9. The van der Waals surface area contributed by atoms with Gasteiger partial charge in [0.05, 0.1) is 10.5 Å². The van der Waals surface area contributed by atoms with Crippen LogP contribution < -0.4 is 11.1 Å². The molecular formula is C19H26N4O4S. The summed E-state index contributed by atoms with van der Waals surface area (Å²) in [6.07, 6.45) is 2.36. The minimum absolute atomic E-state index is 0.0143. The van der Waals surface area contributed by atoms with Gasteiger partial charge in [-0.05, 0) is 37.8 Å². The second kappa shape index (κ2) is 9.66. The van der Waals surface area contributed by atoms with Crippen molar-refractivity contribution in [1.29, 1.82) is 5.26 Å². The average molecular weight is 407 g/mol. The molecule has 9 heteroatoms. The van der Waals surface area contributed by atoms with Crippen molar-refractivity contribution in [3.05, 3.63) is 29.8 Å².